The number of rotatable bonds is 4. The minimum absolute atomic E-state index is 0.0821. The molecule has 0 bridgehead atoms. The van der Waals surface area contributed by atoms with Crippen LogP contribution in [0.4, 0.5) is 4.79 Å². The van der Waals surface area contributed by atoms with Gasteiger partial charge in [0.2, 0.25) is 5.88 Å². The summed E-state index contributed by atoms with van der Waals surface area (Å²) in [6.07, 6.45) is 5.07. The summed E-state index contributed by atoms with van der Waals surface area (Å²) >= 11 is 0. The van der Waals surface area contributed by atoms with Crippen molar-refractivity contribution in [3.8, 4) is 5.88 Å². The number of carbonyl (C=O) groups excluding carboxylic acids is 2. The second-order valence-electron chi connectivity index (χ2n) is 10.3. The van der Waals surface area contributed by atoms with Gasteiger partial charge >= 0.3 is 11.7 Å². The molecule has 1 aliphatic heterocycles. The minimum Gasteiger partial charge on any atom is -0.494 e. The number of likely N-dealkylation sites (N-methyl/N-ethyl adjacent to an activating group) is 2. The first-order valence-corrected chi connectivity index (χ1v) is 11.9. The molecule has 3 heterocycles. The molecule has 2 aromatic rings. The summed E-state index contributed by atoms with van der Waals surface area (Å²) in [5, 5.41) is 18.5. The van der Waals surface area contributed by atoms with Gasteiger partial charge in [0.05, 0.1) is 12.2 Å². The lowest BCUT2D eigenvalue weighted by Crippen LogP contribution is -2.63. The normalized spacial score (nSPS) is 27.7. The number of imide groups is 1. The van der Waals surface area contributed by atoms with Gasteiger partial charge in [-0.05, 0) is 56.1 Å². The average molecular weight is 496 g/mol. The summed E-state index contributed by atoms with van der Waals surface area (Å²) in [7, 11) is 3.16. The Kier molecular flexibility index (Phi) is 5.31. The van der Waals surface area contributed by atoms with Crippen LogP contribution in [0.15, 0.2) is 34.0 Å². The molecule has 3 amide bonds. The highest BCUT2D eigenvalue weighted by molar-refractivity contribution is 6.07. The summed E-state index contributed by atoms with van der Waals surface area (Å²) in [5.74, 6) is -1.45. The fourth-order valence-corrected chi connectivity index (χ4v) is 6.37. The van der Waals surface area contributed by atoms with Gasteiger partial charge < -0.3 is 15.7 Å². The van der Waals surface area contributed by atoms with Gasteiger partial charge in [0.1, 0.15) is 16.9 Å². The standard InChI is InChI=1S/C24H29N7O5/c1-28-20(34)24(29(2)21(28)35)12-23(13-24)8-6-15(7-9-23)31-19(33)16(17(25)26)18(32)30(22(31)36)11-14-5-3-4-10-27-14/h3-5,10,15,32H,6-9,11-13H2,1-2H3,(H3,25,26). The first-order valence-electron chi connectivity index (χ1n) is 11.9. The zero-order valence-electron chi connectivity index (χ0n) is 20.2. The van der Waals surface area contributed by atoms with Gasteiger partial charge in [0.25, 0.3) is 11.5 Å². The molecule has 2 spiro atoms. The Morgan fingerprint density at radius 1 is 1.17 bits per heavy atom. The van der Waals surface area contributed by atoms with Gasteiger partial charge in [-0.1, -0.05) is 6.07 Å². The van der Waals surface area contributed by atoms with Crippen LogP contribution in [0.25, 0.3) is 0 Å². The Hall–Kier alpha value is -3.96. The van der Waals surface area contributed by atoms with Crippen LogP contribution >= 0.6 is 0 Å². The van der Waals surface area contributed by atoms with Crippen molar-refractivity contribution in [2.45, 2.75) is 56.7 Å². The molecule has 3 aliphatic rings. The number of nitrogens with two attached hydrogens (primary N) is 1. The number of nitrogens with one attached hydrogen (secondary N) is 1. The fourth-order valence-electron chi connectivity index (χ4n) is 6.37. The molecule has 1 saturated heterocycles. The maximum atomic E-state index is 13.4. The van der Waals surface area contributed by atoms with Crippen molar-refractivity contribution >= 4 is 17.8 Å². The zero-order chi connectivity index (χ0) is 26.0. The monoisotopic (exact) mass is 495 g/mol. The number of nitrogen functional groups attached to an aromatic ring is 1. The lowest BCUT2D eigenvalue weighted by atomic mass is 9.51. The number of amides is 3. The van der Waals surface area contributed by atoms with Crippen molar-refractivity contribution in [2.75, 3.05) is 14.1 Å². The Bertz CT molecular complexity index is 1380. The van der Waals surface area contributed by atoms with E-state index in [4.69, 9.17) is 11.1 Å². The molecule has 5 rings (SSSR count). The quantitative estimate of drug-likeness (QED) is 0.317. The summed E-state index contributed by atoms with van der Waals surface area (Å²) in [4.78, 5) is 58.6. The predicted molar refractivity (Wildman–Crippen MR) is 129 cm³/mol. The molecular weight excluding hydrogens is 466 g/mol. The topological polar surface area (TPSA) is 168 Å². The van der Waals surface area contributed by atoms with E-state index in [0.717, 1.165) is 9.13 Å². The molecule has 190 valence electrons. The van der Waals surface area contributed by atoms with Crippen LogP contribution in [0.3, 0.4) is 0 Å². The van der Waals surface area contributed by atoms with Crippen molar-refractivity contribution in [3.63, 3.8) is 0 Å². The molecule has 12 heteroatoms. The van der Waals surface area contributed by atoms with E-state index in [0.29, 0.717) is 44.2 Å². The fraction of sp³-hybridized carbons (Fsp3) is 0.500. The molecule has 3 fully saturated rings. The van der Waals surface area contributed by atoms with Gasteiger partial charge in [0, 0.05) is 26.3 Å². The van der Waals surface area contributed by atoms with E-state index < -0.39 is 40.1 Å². The number of hydrogen-bond acceptors (Lipinski definition) is 7. The third-order valence-corrected chi connectivity index (χ3v) is 8.30. The van der Waals surface area contributed by atoms with E-state index in [1.165, 1.54) is 16.8 Å². The highest BCUT2D eigenvalue weighted by Gasteiger charge is 2.66. The van der Waals surface area contributed by atoms with E-state index in [-0.39, 0.29) is 23.9 Å². The van der Waals surface area contributed by atoms with Crippen LogP contribution in [-0.4, -0.2) is 66.4 Å². The second-order valence-corrected chi connectivity index (χ2v) is 10.3. The molecule has 2 saturated carbocycles. The Morgan fingerprint density at radius 2 is 1.83 bits per heavy atom. The predicted octanol–water partition coefficient (Wildman–Crippen LogP) is 0.601. The zero-order valence-corrected chi connectivity index (χ0v) is 20.2. The van der Waals surface area contributed by atoms with E-state index in [2.05, 4.69) is 4.98 Å². The third kappa shape index (κ3) is 3.27. The Morgan fingerprint density at radius 3 is 2.36 bits per heavy atom. The van der Waals surface area contributed by atoms with Crippen LogP contribution < -0.4 is 17.0 Å². The van der Waals surface area contributed by atoms with Gasteiger partial charge in [0.15, 0.2) is 0 Å². The highest BCUT2D eigenvalue weighted by atomic mass is 16.3. The van der Waals surface area contributed by atoms with Gasteiger partial charge in [-0.25, -0.2) is 9.59 Å². The molecule has 2 aliphatic carbocycles. The van der Waals surface area contributed by atoms with Crippen LogP contribution in [0.5, 0.6) is 5.88 Å². The molecular formula is C24H29N7O5. The number of hydrogen-bond donors (Lipinski definition) is 3. The van der Waals surface area contributed by atoms with E-state index in [1.807, 2.05) is 0 Å². The molecule has 4 N–H and O–H groups in total. The maximum absolute atomic E-state index is 13.4. The van der Waals surface area contributed by atoms with Crippen LogP contribution in [0, 0.1) is 10.8 Å². The highest BCUT2D eigenvalue weighted by Crippen LogP contribution is 2.61. The van der Waals surface area contributed by atoms with Crippen molar-refractivity contribution in [1.82, 2.24) is 23.9 Å². The summed E-state index contributed by atoms with van der Waals surface area (Å²) in [5.41, 5.74) is 3.31. The second kappa shape index (κ2) is 8.04. The Labute approximate surface area is 206 Å². The molecule has 0 atom stereocenters. The first-order chi connectivity index (χ1) is 17.0. The number of nitrogens with zero attached hydrogens (tertiary/aromatic N) is 5. The molecule has 0 radical (unpaired) electrons. The molecule has 2 aromatic heterocycles. The summed E-state index contributed by atoms with van der Waals surface area (Å²) in [6, 6.07) is 4.42. The van der Waals surface area contributed by atoms with E-state index >= 15 is 0 Å². The smallest absolute Gasteiger partial charge is 0.334 e. The van der Waals surface area contributed by atoms with Crippen molar-refractivity contribution in [1.29, 1.82) is 5.41 Å². The molecule has 36 heavy (non-hydrogen) atoms. The number of carbonyl (C=O) groups is 2. The lowest BCUT2D eigenvalue weighted by molar-refractivity contribution is -0.148. The largest absolute Gasteiger partial charge is 0.494 e. The number of aromatic hydroxyl groups is 1. The first kappa shape index (κ1) is 23.8. The van der Waals surface area contributed by atoms with Crippen molar-refractivity contribution < 1.29 is 14.7 Å². The number of aromatic nitrogens is 3. The van der Waals surface area contributed by atoms with Crippen LogP contribution in [0.1, 0.15) is 55.8 Å². The van der Waals surface area contributed by atoms with E-state index in [9.17, 15) is 24.3 Å². The molecule has 12 nitrogen and oxygen atoms in total. The van der Waals surface area contributed by atoms with E-state index in [1.54, 1.807) is 31.4 Å². The Balaban J connectivity index is 1.43. The lowest BCUT2D eigenvalue weighted by Gasteiger charge is -2.57. The van der Waals surface area contributed by atoms with Crippen molar-refractivity contribution in [2.24, 2.45) is 11.1 Å². The molecule has 0 unspecified atom stereocenters. The third-order valence-electron chi connectivity index (χ3n) is 8.30. The number of pyridine rings is 1. The van der Waals surface area contributed by atoms with Crippen LogP contribution in [-0.2, 0) is 11.3 Å². The van der Waals surface area contributed by atoms with Gasteiger partial charge in [-0.2, -0.15) is 0 Å². The van der Waals surface area contributed by atoms with Gasteiger partial charge in [-0.15, -0.1) is 0 Å². The average Bonchev–Trinajstić information content (AvgIpc) is 2.99. The maximum Gasteiger partial charge on any atom is 0.334 e. The summed E-state index contributed by atoms with van der Waals surface area (Å²) < 4.78 is 2.13. The minimum atomic E-state index is -0.800. The SMILES string of the molecule is CN1C(=O)N(C)C2(CC3(CCC(n4c(=O)c(C(=N)N)c(O)n(Cc5ccccn5)c4=O)CC3)C2)C1=O. The molecule has 0 aromatic carbocycles. The summed E-state index contributed by atoms with van der Waals surface area (Å²) in [6.45, 7) is -0.0821. The van der Waals surface area contributed by atoms with Crippen molar-refractivity contribution in [3.05, 3.63) is 56.5 Å². The van der Waals surface area contributed by atoms with Gasteiger partial charge in [-0.3, -0.25) is 34.0 Å². The van der Waals surface area contributed by atoms with Crippen LogP contribution in [0.2, 0.25) is 0 Å². The number of urea groups is 1. The number of amidine groups is 1.